The van der Waals surface area contributed by atoms with Crippen molar-refractivity contribution in [2.45, 2.75) is 38.8 Å². The number of nitrogens with zero attached hydrogens (tertiary/aromatic N) is 4. The van der Waals surface area contributed by atoms with Crippen LogP contribution >= 0.6 is 0 Å². The Morgan fingerprint density at radius 2 is 2.14 bits per heavy atom. The molecule has 2 fully saturated rings. The fourth-order valence-corrected chi connectivity index (χ4v) is 3.84. The summed E-state index contributed by atoms with van der Waals surface area (Å²) in [4.78, 5) is 40.9. The van der Waals surface area contributed by atoms with Crippen molar-refractivity contribution in [2.75, 3.05) is 24.5 Å². The van der Waals surface area contributed by atoms with Crippen molar-refractivity contribution >= 4 is 28.8 Å². The maximum absolute atomic E-state index is 12.5. The van der Waals surface area contributed by atoms with Crippen LogP contribution in [0.1, 0.15) is 37.0 Å². The molecule has 2 aromatic heterocycles. The van der Waals surface area contributed by atoms with Gasteiger partial charge in [0, 0.05) is 31.9 Å². The molecule has 148 valence electrons. The standard InChI is InChI=1S/C20H26N6O2/c1-4-17(27)25-7-8-26(15(11-25)13-5-6-13)16-10-22-19-18(24-16)14(9-21-19)20(28)23-12(2)3/h4,9-10,12-13,15H,1,5-8,11H2,2-3H3,(H,21,22)(H,23,28). The third kappa shape index (κ3) is 3.46. The summed E-state index contributed by atoms with van der Waals surface area (Å²) in [5, 5.41) is 2.90. The summed E-state index contributed by atoms with van der Waals surface area (Å²) in [5.74, 6) is 1.14. The Morgan fingerprint density at radius 3 is 2.82 bits per heavy atom. The minimum absolute atomic E-state index is 0.0230. The second kappa shape index (κ2) is 7.26. The molecule has 1 aliphatic carbocycles. The second-order valence-corrected chi connectivity index (χ2v) is 7.84. The molecule has 1 unspecified atom stereocenters. The van der Waals surface area contributed by atoms with Crippen LogP contribution in [0.15, 0.2) is 25.0 Å². The quantitative estimate of drug-likeness (QED) is 0.768. The number of nitrogens with one attached hydrogen (secondary N) is 2. The average Bonchev–Trinajstić information content (AvgIpc) is 3.45. The molecule has 0 bridgehead atoms. The molecule has 2 aromatic rings. The zero-order valence-corrected chi connectivity index (χ0v) is 16.3. The number of H-pyrrole nitrogens is 1. The minimum Gasteiger partial charge on any atom is -0.350 e. The molecular weight excluding hydrogens is 356 g/mol. The number of aromatic nitrogens is 3. The second-order valence-electron chi connectivity index (χ2n) is 7.84. The summed E-state index contributed by atoms with van der Waals surface area (Å²) in [6.07, 6.45) is 7.12. The van der Waals surface area contributed by atoms with Gasteiger partial charge in [-0.1, -0.05) is 6.58 Å². The molecule has 2 N–H and O–H groups in total. The first-order valence-corrected chi connectivity index (χ1v) is 9.81. The molecule has 1 aliphatic heterocycles. The van der Waals surface area contributed by atoms with Gasteiger partial charge in [0.1, 0.15) is 11.3 Å². The monoisotopic (exact) mass is 382 g/mol. The van der Waals surface area contributed by atoms with Gasteiger partial charge in [0.2, 0.25) is 5.91 Å². The summed E-state index contributed by atoms with van der Waals surface area (Å²) in [6.45, 7) is 9.44. The summed E-state index contributed by atoms with van der Waals surface area (Å²) < 4.78 is 0. The normalized spacial score (nSPS) is 19.9. The van der Waals surface area contributed by atoms with Crippen LogP contribution in [0.5, 0.6) is 0 Å². The van der Waals surface area contributed by atoms with Gasteiger partial charge < -0.3 is 20.1 Å². The highest BCUT2D eigenvalue weighted by molar-refractivity contribution is 6.04. The van der Waals surface area contributed by atoms with Crippen molar-refractivity contribution in [3.8, 4) is 0 Å². The van der Waals surface area contributed by atoms with E-state index in [4.69, 9.17) is 4.98 Å². The molecule has 28 heavy (non-hydrogen) atoms. The molecule has 1 atom stereocenters. The number of hydrogen-bond acceptors (Lipinski definition) is 5. The molecule has 0 radical (unpaired) electrons. The van der Waals surface area contributed by atoms with Crippen LogP contribution in [0.3, 0.4) is 0 Å². The third-order valence-corrected chi connectivity index (χ3v) is 5.40. The van der Waals surface area contributed by atoms with E-state index in [1.165, 1.54) is 18.9 Å². The molecule has 2 amide bonds. The highest BCUT2D eigenvalue weighted by atomic mass is 16.2. The summed E-state index contributed by atoms with van der Waals surface area (Å²) in [6, 6.07) is 0.264. The first kappa shape index (κ1) is 18.5. The largest absolute Gasteiger partial charge is 0.350 e. The number of rotatable bonds is 5. The first-order chi connectivity index (χ1) is 13.5. The number of anilines is 1. The molecule has 2 aliphatic rings. The predicted octanol–water partition coefficient (Wildman–Crippen LogP) is 1.71. The third-order valence-electron chi connectivity index (χ3n) is 5.40. The lowest BCUT2D eigenvalue weighted by Gasteiger charge is -2.42. The number of hydrogen-bond donors (Lipinski definition) is 2. The maximum Gasteiger partial charge on any atom is 0.255 e. The predicted molar refractivity (Wildman–Crippen MR) is 107 cm³/mol. The fourth-order valence-electron chi connectivity index (χ4n) is 3.84. The van der Waals surface area contributed by atoms with Gasteiger partial charge in [-0.25, -0.2) is 9.97 Å². The Hall–Kier alpha value is -2.90. The fraction of sp³-hybridized carbons (Fsp3) is 0.500. The van der Waals surface area contributed by atoms with Crippen LogP contribution in [0.2, 0.25) is 0 Å². The number of fused-ring (bicyclic) bond motifs is 1. The molecule has 3 heterocycles. The Kier molecular flexibility index (Phi) is 4.78. The van der Waals surface area contributed by atoms with Crippen LogP contribution in [0, 0.1) is 5.92 Å². The van der Waals surface area contributed by atoms with Crippen LogP contribution < -0.4 is 10.2 Å². The van der Waals surface area contributed by atoms with Crippen LogP contribution in [0.4, 0.5) is 5.82 Å². The van der Waals surface area contributed by atoms with Gasteiger partial charge in [-0.15, -0.1) is 0 Å². The lowest BCUT2D eigenvalue weighted by atomic mass is 10.1. The van der Waals surface area contributed by atoms with E-state index in [0.29, 0.717) is 42.3 Å². The highest BCUT2D eigenvalue weighted by Crippen LogP contribution is 2.38. The van der Waals surface area contributed by atoms with Gasteiger partial charge >= 0.3 is 0 Å². The Balaban J connectivity index is 1.63. The molecule has 1 saturated heterocycles. The van der Waals surface area contributed by atoms with Gasteiger partial charge in [0.05, 0.1) is 17.8 Å². The van der Waals surface area contributed by atoms with E-state index in [0.717, 1.165) is 5.82 Å². The lowest BCUT2D eigenvalue weighted by molar-refractivity contribution is -0.126. The molecule has 8 nitrogen and oxygen atoms in total. The Labute approximate surface area is 164 Å². The van der Waals surface area contributed by atoms with Crippen molar-refractivity contribution in [2.24, 2.45) is 5.92 Å². The van der Waals surface area contributed by atoms with Gasteiger partial charge in [-0.05, 0) is 38.7 Å². The lowest BCUT2D eigenvalue weighted by Crippen LogP contribution is -2.55. The van der Waals surface area contributed by atoms with E-state index in [9.17, 15) is 9.59 Å². The van der Waals surface area contributed by atoms with E-state index in [-0.39, 0.29) is 23.9 Å². The van der Waals surface area contributed by atoms with E-state index in [2.05, 4.69) is 26.8 Å². The molecule has 0 aromatic carbocycles. The maximum atomic E-state index is 12.5. The summed E-state index contributed by atoms with van der Waals surface area (Å²) in [7, 11) is 0. The van der Waals surface area contributed by atoms with Crippen molar-refractivity contribution in [3.63, 3.8) is 0 Å². The number of carbonyl (C=O) groups excluding carboxylic acids is 2. The van der Waals surface area contributed by atoms with Crippen molar-refractivity contribution in [1.29, 1.82) is 0 Å². The topological polar surface area (TPSA) is 94.2 Å². The molecule has 1 saturated carbocycles. The number of carbonyl (C=O) groups is 2. The van der Waals surface area contributed by atoms with E-state index in [1.807, 2.05) is 18.7 Å². The Bertz CT molecular complexity index is 917. The number of amides is 2. The van der Waals surface area contributed by atoms with Crippen molar-refractivity contribution in [3.05, 3.63) is 30.6 Å². The highest BCUT2D eigenvalue weighted by Gasteiger charge is 2.40. The van der Waals surface area contributed by atoms with Crippen molar-refractivity contribution in [1.82, 2.24) is 25.2 Å². The molecule has 4 rings (SSSR count). The smallest absolute Gasteiger partial charge is 0.255 e. The number of aromatic amines is 1. The van der Waals surface area contributed by atoms with E-state index >= 15 is 0 Å². The SMILES string of the molecule is C=CC(=O)N1CCN(c2cnc3[nH]cc(C(=O)NC(C)C)c3n2)C(C2CC2)C1. The molecule has 0 spiro atoms. The van der Waals surface area contributed by atoms with Crippen LogP contribution in [-0.2, 0) is 4.79 Å². The minimum atomic E-state index is -0.159. The van der Waals surface area contributed by atoms with Gasteiger partial charge in [0.25, 0.3) is 5.91 Å². The van der Waals surface area contributed by atoms with E-state index in [1.54, 1.807) is 12.4 Å². The van der Waals surface area contributed by atoms with Crippen molar-refractivity contribution < 1.29 is 9.59 Å². The Morgan fingerprint density at radius 1 is 1.36 bits per heavy atom. The van der Waals surface area contributed by atoms with Crippen LogP contribution in [0.25, 0.3) is 11.2 Å². The zero-order valence-electron chi connectivity index (χ0n) is 16.3. The van der Waals surface area contributed by atoms with Gasteiger partial charge in [-0.2, -0.15) is 0 Å². The van der Waals surface area contributed by atoms with Gasteiger partial charge in [-0.3, -0.25) is 9.59 Å². The van der Waals surface area contributed by atoms with Crippen LogP contribution in [-0.4, -0.2) is 63.4 Å². The van der Waals surface area contributed by atoms with E-state index < -0.39 is 0 Å². The average molecular weight is 382 g/mol. The first-order valence-electron chi connectivity index (χ1n) is 9.81. The summed E-state index contributed by atoms with van der Waals surface area (Å²) >= 11 is 0. The van der Waals surface area contributed by atoms with Gasteiger partial charge in [0.15, 0.2) is 5.65 Å². The molecule has 8 heteroatoms. The summed E-state index contributed by atoms with van der Waals surface area (Å²) in [5.41, 5.74) is 1.68. The number of piperazine rings is 1. The zero-order chi connectivity index (χ0) is 19.8. The molecular formula is C20H26N6O2.